The van der Waals surface area contributed by atoms with E-state index in [0.717, 1.165) is 5.02 Å². The average molecular weight is 663 g/mol. The number of nitriles is 1. The minimum atomic E-state index is -1.25. The van der Waals surface area contributed by atoms with Crippen LogP contribution in [0, 0.1) is 11.3 Å². The van der Waals surface area contributed by atoms with E-state index in [1.165, 1.54) is 0 Å². The number of phenols is 1. The third kappa shape index (κ3) is 11.9. The summed E-state index contributed by atoms with van der Waals surface area (Å²) in [6, 6.07) is 24.9. The Bertz CT molecular complexity index is 1450. The molecule has 47 heavy (non-hydrogen) atoms. The lowest BCUT2D eigenvalue weighted by atomic mass is 10.1. The average Bonchev–Trinajstić information content (AvgIpc) is 3.55. The van der Waals surface area contributed by atoms with Gasteiger partial charge in [0.25, 0.3) is 0 Å². The number of urea groups is 1. The van der Waals surface area contributed by atoms with Gasteiger partial charge in [0.2, 0.25) is 5.91 Å². The second-order valence-corrected chi connectivity index (χ2v) is 11.4. The molecule has 0 aliphatic carbocycles. The number of hydrogen-bond donors (Lipinski definition) is 3. The van der Waals surface area contributed by atoms with Crippen molar-refractivity contribution in [1.82, 2.24) is 20.0 Å². The minimum absolute atomic E-state index is 0.00726. The molecule has 11 nitrogen and oxygen atoms in total. The largest absolute Gasteiger partial charge is 0.508 e. The van der Waals surface area contributed by atoms with Gasteiger partial charge in [-0.05, 0) is 62.7 Å². The van der Waals surface area contributed by atoms with E-state index < -0.39 is 6.10 Å². The fourth-order valence-electron chi connectivity index (χ4n) is 4.79. The van der Waals surface area contributed by atoms with Gasteiger partial charge in [-0.3, -0.25) is 19.6 Å². The molecular weight excluding hydrogens is 620 g/mol. The highest BCUT2D eigenvalue weighted by molar-refractivity contribution is 6.30. The minimum Gasteiger partial charge on any atom is -0.508 e. The molecule has 0 spiro atoms. The van der Waals surface area contributed by atoms with Crippen molar-refractivity contribution >= 4 is 29.4 Å². The van der Waals surface area contributed by atoms with Gasteiger partial charge in [-0.25, -0.2) is 4.79 Å². The summed E-state index contributed by atoms with van der Waals surface area (Å²) < 4.78 is 5.74. The van der Waals surface area contributed by atoms with Crippen molar-refractivity contribution in [3.8, 4) is 17.6 Å². The molecule has 1 fully saturated rings. The molecule has 2 aliphatic rings. The molecule has 250 valence electrons. The molecule has 2 aliphatic heterocycles. The molecule has 0 aromatic heterocycles. The smallest absolute Gasteiger partial charge is 0.325 e. The van der Waals surface area contributed by atoms with Crippen LogP contribution >= 0.6 is 11.6 Å². The van der Waals surface area contributed by atoms with Gasteiger partial charge in [0.15, 0.2) is 6.10 Å². The van der Waals surface area contributed by atoms with Gasteiger partial charge in [-0.2, -0.15) is 5.26 Å². The van der Waals surface area contributed by atoms with E-state index in [9.17, 15) is 14.7 Å². The lowest BCUT2D eigenvalue weighted by Gasteiger charge is -2.36. The highest BCUT2D eigenvalue weighted by Gasteiger charge is 2.32. The molecule has 0 bridgehead atoms. The van der Waals surface area contributed by atoms with Crippen LogP contribution in [0.2, 0.25) is 5.02 Å². The lowest BCUT2D eigenvalue weighted by molar-refractivity contribution is -0.123. The van der Waals surface area contributed by atoms with Crippen LogP contribution in [-0.4, -0.2) is 101 Å². The SMILES string of the molecule is CCOc1cc(C(O)C#N)ccc1C1=NCCN1C(=O)N1CCN(CC(=O)NC(C)C)CC1.Clc1ccccc1.Oc1ccccc1. The molecular formula is C35H43ClN6O5. The first-order chi connectivity index (χ1) is 22.6. The fraction of sp³-hybridized carbons (Fsp3) is 0.371. The van der Waals surface area contributed by atoms with Crippen LogP contribution < -0.4 is 10.1 Å². The Kier molecular flexibility index (Phi) is 15.0. The van der Waals surface area contributed by atoms with Gasteiger partial charge >= 0.3 is 6.03 Å². The monoisotopic (exact) mass is 662 g/mol. The first-order valence-corrected chi connectivity index (χ1v) is 15.9. The first kappa shape index (κ1) is 36.8. The number of carbonyl (C=O) groups excluding carboxylic acids is 2. The maximum atomic E-state index is 13.3. The summed E-state index contributed by atoms with van der Waals surface area (Å²) in [6.07, 6.45) is -1.25. The second kappa shape index (κ2) is 19.1. The third-order valence-corrected chi connectivity index (χ3v) is 7.26. The number of carbonyl (C=O) groups is 2. The number of nitrogens with zero attached hydrogens (tertiary/aromatic N) is 5. The lowest BCUT2D eigenvalue weighted by Crippen LogP contribution is -2.55. The van der Waals surface area contributed by atoms with Gasteiger partial charge in [0.1, 0.15) is 17.3 Å². The molecule has 0 saturated carbocycles. The van der Waals surface area contributed by atoms with Crippen molar-refractivity contribution in [1.29, 1.82) is 5.26 Å². The summed E-state index contributed by atoms with van der Waals surface area (Å²) >= 11 is 5.54. The van der Waals surface area contributed by atoms with E-state index in [1.54, 1.807) is 58.3 Å². The van der Waals surface area contributed by atoms with Crippen molar-refractivity contribution in [2.75, 3.05) is 52.4 Å². The van der Waals surface area contributed by atoms with E-state index in [1.807, 2.05) is 62.1 Å². The summed E-state index contributed by atoms with van der Waals surface area (Å²) in [5.74, 6) is 1.32. The molecule has 2 heterocycles. The van der Waals surface area contributed by atoms with Gasteiger partial charge in [-0.1, -0.05) is 54.1 Å². The molecule has 5 rings (SSSR count). The predicted octanol–water partition coefficient (Wildman–Crippen LogP) is 4.70. The van der Waals surface area contributed by atoms with Crippen LogP contribution in [0.5, 0.6) is 11.5 Å². The van der Waals surface area contributed by atoms with E-state index in [0.29, 0.717) is 80.9 Å². The number of piperazine rings is 1. The number of benzene rings is 3. The van der Waals surface area contributed by atoms with Crippen LogP contribution in [0.4, 0.5) is 4.79 Å². The Morgan fingerprint density at radius 1 is 1.00 bits per heavy atom. The maximum absolute atomic E-state index is 13.3. The Balaban J connectivity index is 0.000000349. The summed E-state index contributed by atoms with van der Waals surface area (Å²) in [7, 11) is 0. The number of aromatic hydroxyl groups is 1. The first-order valence-electron chi connectivity index (χ1n) is 15.5. The number of amidine groups is 1. The zero-order valence-corrected chi connectivity index (χ0v) is 27.8. The number of amides is 3. The quantitative estimate of drug-likeness (QED) is 0.312. The number of halogens is 1. The van der Waals surface area contributed by atoms with E-state index >= 15 is 0 Å². The maximum Gasteiger partial charge on any atom is 0.325 e. The number of rotatable bonds is 7. The van der Waals surface area contributed by atoms with Crippen LogP contribution in [-0.2, 0) is 4.79 Å². The van der Waals surface area contributed by atoms with Crippen molar-refractivity contribution in [3.05, 3.63) is 95.0 Å². The summed E-state index contributed by atoms with van der Waals surface area (Å²) in [6.45, 7) is 9.71. The van der Waals surface area contributed by atoms with Gasteiger partial charge in [-0.15, -0.1) is 0 Å². The van der Waals surface area contributed by atoms with Gasteiger partial charge in [0.05, 0.1) is 31.3 Å². The van der Waals surface area contributed by atoms with E-state index in [4.69, 9.17) is 26.7 Å². The Morgan fingerprint density at radius 3 is 2.15 bits per heavy atom. The number of aliphatic hydroxyl groups is 1. The Morgan fingerprint density at radius 2 is 1.64 bits per heavy atom. The summed E-state index contributed by atoms with van der Waals surface area (Å²) in [5.41, 5.74) is 1.08. The molecule has 3 aromatic carbocycles. The molecule has 1 atom stereocenters. The van der Waals surface area contributed by atoms with E-state index in [-0.39, 0.29) is 18.0 Å². The number of para-hydroxylation sites is 1. The number of aliphatic hydroxyl groups excluding tert-OH is 1. The van der Waals surface area contributed by atoms with Crippen molar-refractivity contribution in [2.45, 2.75) is 32.9 Å². The summed E-state index contributed by atoms with van der Waals surface area (Å²) in [4.78, 5) is 35.3. The molecule has 1 unspecified atom stereocenters. The highest BCUT2D eigenvalue weighted by atomic mass is 35.5. The predicted molar refractivity (Wildman–Crippen MR) is 183 cm³/mol. The normalized spacial score (nSPS) is 14.9. The zero-order valence-electron chi connectivity index (χ0n) is 27.1. The standard InChI is InChI=1S/C23H32N6O4.C6H5Cl.C6H6O/c1-4-33-20-13-17(19(30)14-24)5-6-18(20)22-25-7-8-29(22)23(32)28-11-9-27(10-12-28)15-21(31)26-16(2)3;2*7-6-4-2-1-3-5-6/h5-6,13,16,19,30H,4,7-12,15H2,1-3H3,(H,26,31);1-5H;1-5,7H. The molecule has 3 amide bonds. The van der Waals surface area contributed by atoms with Gasteiger partial charge in [0, 0.05) is 43.8 Å². The van der Waals surface area contributed by atoms with Crippen molar-refractivity contribution in [3.63, 3.8) is 0 Å². The molecule has 12 heteroatoms. The van der Waals surface area contributed by atoms with Crippen LogP contribution in [0.1, 0.15) is 38.0 Å². The Labute approximate surface area is 281 Å². The number of aliphatic imine (C=N–C) groups is 1. The highest BCUT2D eigenvalue weighted by Crippen LogP contribution is 2.28. The number of phenolic OH excluding ortho intramolecular Hbond substituents is 1. The number of hydrogen-bond acceptors (Lipinski definition) is 8. The van der Waals surface area contributed by atoms with Gasteiger partial charge < -0.3 is 25.2 Å². The summed E-state index contributed by atoms with van der Waals surface area (Å²) in [5, 5.41) is 31.2. The fourth-order valence-corrected chi connectivity index (χ4v) is 4.93. The molecule has 3 N–H and O–H groups in total. The zero-order chi connectivity index (χ0) is 34.2. The molecule has 0 radical (unpaired) electrons. The number of nitrogens with one attached hydrogen (secondary N) is 1. The molecule has 3 aromatic rings. The third-order valence-electron chi connectivity index (χ3n) is 7.01. The van der Waals surface area contributed by atoms with Crippen LogP contribution in [0.25, 0.3) is 0 Å². The topological polar surface area (TPSA) is 142 Å². The number of ether oxygens (including phenoxy) is 1. The van der Waals surface area contributed by atoms with E-state index in [2.05, 4.69) is 10.3 Å². The molecule has 1 saturated heterocycles. The second-order valence-electron chi connectivity index (χ2n) is 11.0. The van der Waals surface area contributed by atoms with Crippen LogP contribution in [0.3, 0.4) is 0 Å². The van der Waals surface area contributed by atoms with Crippen molar-refractivity contribution in [2.24, 2.45) is 4.99 Å². The van der Waals surface area contributed by atoms with Crippen LogP contribution in [0.15, 0.2) is 83.9 Å². The Hall–Kier alpha value is -4.63. The van der Waals surface area contributed by atoms with Crippen molar-refractivity contribution < 1.29 is 24.5 Å².